The predicted molar refractivity (Wildman–Crippen MR) is 98.6 cm³/mol. The van der Waals surface area contributed by atoms with Crippen molar-refractivity contribution in [2.24, 2.45) is 5.10 Å². The van der Waals surface area contributed by atoms with Crippen LogP contribution in [-0.2, 0) is 0 Å². The summed E-state index contributed by atoms with van der Waals surface area (Å²) in [6, 6.07) is 23.6. The first-order chi connectivity index (χ1) is 11.7. The molecule has 1 atom stereocenters. The van der Waals surface area contributed by atoms with E-state index in [0.717, 1.165) is 17.9 Å². The van der Waals surface area contributed by atoms with Crippen molar-refractivity contribution in [3.05, 3.63) is 77.9 Å². The van der Waals surface area contributed by atoms with E-state index in [-0.39, 0.29) is 6.04 Å². The average Bonchev–Trinajstić information content (AvgIpc) is 3.03. The van der Waals surface area contributed by atoms with Crippen LogP contribution in [0, 0.1) is 0 Å². The molecule has 3 aromatic rings. The van der Waals surface area contributed by atoms with Gasteiger partial charge >= 0.3 is 0 Å². The van der Waals surface area contributed by atoms with E-state index in [1.165, 1.54) is 21.9 Å². The van der Waals surface area contributed by atoms with Crippen LogP contribution < -0.4 is 4.74 Å². The average molecular weight is 316 g/mol. The number of benzene rings is 3. The van der Waals surface area contributed by atoms with E-state index >= 15 is 0 Å². The minimum atomic E-state index is 0.275. The van der Waals surface area contributed by atoms with Gasteiger partial charge in [-0.1, -0.05) is 48.5 Å². The van der Waals surface area contributed by atoms with E-state index < -0.39 is 0 Å². The summed E-state index contributed by atoms with van der Waals surface area (Å²) in [7, 11) is 3.74. The molecule has 0 spiro atoms. The van der Waals surface area contributed by atoms with Gasteiger partial charge in [-0.25, -0.2) is 0 Å². The minimum Gasteiger partial charge on any atom is -0.497 e. The second kappa shape index (κ2) is 6.00. The Morgan fingerprint density at radius 3 is 2.46 bits per heavy atom. The van der Waals surface area contributed by atoms with Gasteiger partial charge in [0.25, 0.3) is 0 Å². The lowest BCUT2D eigenvalue weighted by Gasteiger charge is -2.19. The van der Waals surface area contributed by atoms with E-state index in [0.29, 0.717) is 0 Å². The summed E-state index contributed by atoms with van der Waals surface area (Å²) < 4.78 is 5.25. The Labute approximate surface area is 142 Å². The van der Waals surface area contributed by atoms with Crippen molar-refractivity contribution in [3.8, 4) is 5.75 Å². The number of nitrogens with zero attached hydrogens (tertiary/aromatic N) is 2. The van der Waals surface area contributed by atoms with Gasteiger partial charge in [0, 0.05) is 13.5 Å². The van der Waals surface area contributed by atoms with Gasteiger partial charge in [0.15, 0.2) is 0 Å². The molecule has 0 aliphatic carbocycles. The molecule has 0 amide bonds. The third-order valence-corrected chi connectivity index (χ3v) is 4.70. The molecule has 1 aliphatic heterocycles. The Bertz CT molecular complexity index is 899. The summed E-state index contributed by atoms with van der Waals surface area (Å²) in [5, 5.41) is 9.37. The lowest BCUT2D eigenvalue weighted by molar-refractivity contribution is 0.289. The van der Waals surface area contributed by atoms with Crippen molar-refractivity contribution < 1.29 is 4.74 Å². The molecule has 0 radical (unpaired) electrons. The Hall–Kier alpha value is -2.81. The highest BCUT2D eigenvalue weighted by Gasteiger charge is 2.26. The molecule has 0 aromatic heterocycles. The molecule has 1 aliphatic rings. The number of fused-ring (bicyclic) bond motifs is 1. The summed E-state index contributed by atoms with van der Waals surface area (Å²) >= 11 is 0. The number of hydrazone groups is 1. The number of ether oxygens (including phenoxy) is 1. The molecular formula is C21H20N2O. The number of methoxy groups -OCH3 is 1. The zero-order valence-electron chi connectivity index (χ0n) is 13.9. The second-order valence-corrected chi connectivity index (χ2v) is 6.18. The standard InChI is InChI=1S/C21H20N2O/c1-23-21(16-9-11-19(24-2)12-10-16)14-20(22-23)18-8-7-15-5-3-4-6-17(15)13-18/h3-13,21H,14H2,1-2H3/t21-/m1/s1. The van der Waals surface area contributed by atoms with Gasteiger partial charge in [-0.3, -0.25) is 5.01 Å². The highest BCUT2D eigenvalue weighted by molar-refractivity contribution is 6.04. The molecule has 3 heteroatoms. The molecular weight excluding hydrogens is 296 g/mol. The summed E-state index contributed by atoms with van der Waals surface area (Å²) in [6.45, 7) is 0. The van der Waals surface area contributed by atoms with Crippen LogP contribution in [0.1, 0.15) is 23.6 Å². The summed E-state index contributed by atoms with van der Waals surface area (Å²) in [5.74, 6) is 0.884. The van der Waals surface area contributed by atoms with E-state index in [1.54, 1.807) is 7.11 Å². The smallest absolute Gasteiger partial charge is 0.118 e. The molecule has 1 heterocycles. The first-order valence-electron chi connectivity index (χ1n) is 8.18. The Balaban J connectivity index is 1.61. The van der Waals surface area contributed by atoms with Crippen LogP contribution in [0.3, 0.4) is 0 Å². The summed E-state index contributed by atoms with van der Waals surface area (Å²) in [6.07, 6.45) is 0.918. The maximum Gasteiger partial charge on any atom is 0.118 e. The zero-order valence-corrected chi connectivity index (χ0v) is 13.9. The lowest BCUT2D eigenvalue weighted by Crippen LogP contribution is -2.13. The Morgan fingerprint density at radius 1 is 0.958 bits per heavy atom. The monoisotopic (exact) mass is 316 g/mol. The largest absolute Gasteiger partial charge is 0.497 e. The SMILES string of the molecule is COc1ccc([C@H]2CC(c3ccc4ccccc4c3)=NN2C)cc1. The minimum absolute atomic E-state index is 0.275. The van der Waals surface area contributed by atoms with Crippen LogP contribution in [0.4, 0.5) is 0 Å². The van der Waals surface area contributed by atoms with Crippen LogP contribution in [-0.4, -0.2) is 24.9 Å². The van der Waals surface area contributed by atoms with Crippen LogP contribution in [0.25, 0.3) is 10.8 Å². The van der Waals surface area contributed by atoms with Crippen LogP contribution in [0.5, 0.6) is 5.75 Å². The van der Waals surface area contributed by atoms with Crippen molar-refractivity contribution in [3.63, 3.8) is 0 Å². The molecule has 4 rings (SSSR count). The molecule has 0 bridgehead atoms. The van der Waals surface area contributed by atoms with E-state index in [1.807, 2.05) is 19.2 Å². The Morgan fingerprint density at radius 2 is 1.71 bits per heavy atom. The van der Waals surface area contributed by atoms with Crippen molar-refractivity contribution in [1.29, 1.82) is 0 Å². The quantitative estimate of drug-likeness (QED) is 0.704. The number of rotatable bonds is 3. The molecule has 120 valence electrons. The molecule has 0 N–H and O–H groups in total. The first-order valence-corrected chi connectivity index (χ1v) is 8.18. The van der Waals surface area contributed by atoms with Gasteiger partial charge in [0.2, 0.25) is 0 Å². The van der Waals surface area contributed by atoms with Gasteiger partial charge < -0.3 is 4.74 Å². The normalized spacial score (nSPS) is 17.2. The summed E-state index contributed by atoms with van der Waals surface area (Å²) in [5.41, 5.74) is 3.61. The molecule has 3 aromatic carbocycles. The molecule has 3 nitrogen and oxygen atoms in total. The number of hydrogen-bond acceptors (Lipinski definition) is 3. The predicted octanol–water partition coefficient (Wildman–Crippen LogP) is 4.63. The van der Waals surface area contributed by atoms with Gasteiger partial charge in [-0.2, -0.15) is 5.10 Å². The van der Waals surface area contributed by atoms with Crippen molar-refractivity contribution in [2.75, 3.05) is 14.2 Å². The van der Waals surface area contributed by atoms with Gasteiger partial charge in [-0.15, -0.1) is 0 Å². The van der Waals surface area contributed by atoms with E-state index in [4.69, 9.17) is 9.84 Å². The third-order valence-electron chi connectivity index (χ3n) is 4.70. The maximum absolute atomic E-state index is 5.25. The van der Waals surface area contributed by atoms with E-state index in [2.05, 4.69) is 59.6 Å². The highest BCUT2D eigenvalue weighted by Crippen LogP contribution is 2.32. The molecule has 0 saturated carbocycles. The molecule has 0 saturated heterocycles. The molecule has 0 unspecified atom stereocenters. The van der Waals surface area contributed by atoms with Crippen molar-refractivity contribution >= 4 is 16.5 Å². The first kappa shape index (κ1) is 14.8. The molecule has 0 fully saturated rings. The fourth-order valence-corrected chi connectivity index (χ4v) is 3.32. The summed E-state index contributed by atoms with van der Waals surface area (Å²) in [4.78, 5) is 0. The molecule has 24 heavy (non-hydrogen) atoms. The number of hydrogen-bond donors (Lipinski definition) is 0. The highest BCUT2D eigenvalue weighted by atomic mass is 16.5. The lowest BCUT2D eigenvalue weighted by atomic mass is 9.97. The van der Waals surface area contributed by atoms with Crippen molar-refractivity contribution in [2.45, 2.75) is 12.5 Å². The zero-order chi connectivity index (χ0) is 16.5. The van der Waals surface area contributed by atoms with Crippen molar-refractivity contribution in [1.82, 2.24) is 5.01 Å². The van der Waals surface area contributed by atoms with Crippen LogP contribution in [0.15, 0.2) is 71.8 Å². The van der Waals surface area contributed by atoms with Gasteiger partial charge in [-0.05, 0) is 40.1 Å². The van der Waals surface area contributed by atoms with Gasteiger partial charge in [0.1, 0.15) is 5.75 Å². The maximum atomic E-state index is 5.25. The fraction of sp³-hybridized carbons (Fsp3) is 0.190. The topological polar surface area (TPSA) is 24.8 Å². The fourth-order valence-electron chi connectivity index (χ4n) is 3.32. The Kier molecular flexibility index (Phi) is 3.69. The van der Waals surface area contributed by atoms with Crippen LogP contribution in [0.2, 0.25) is 0 Å². The third kappa shape index (κ3) is 2.62. The second-order valence-electron chi connectivity index (χ2n) is 6.18. The van der Waals surface area contributed by atoms with Crippen LogP contribution >= 0.6 is 0 Å². The van der Waals surface area contributed by atoms with Gasteiger partial charge in [0.05, 0.1) is 18.9 Å². The van der Waals surface area contributed by atoms with E-state index in [9.17, 15) is 0 Å².